The lowest BCUT2D eigenvalue weighted by Gasteiger charge is -2.10. The van der Waals surface area contributed by atoms with Gasteiger partial charge in [0.05, 0.1) is 19.3 Å². The lowest BCUT2D eigenvalue weighted by atomic mass is 10.2. The number of rotatable bonds is 10. The SMILES string of the molecule is CC(C)OCC(=O)NCCOCCNC(=O)C(C)C. The van der Waals surface area contributed by atoms with Crippen LogP contribution < -0.4 is 10.6 Å². The smallest absolute Gasteiger partial charge is 0.246 e. The summed E-state index contributed by atoms with van der Waals surface area (Å²) >= 11 is 0. The standard InChI is InChI=1S/C13H26N2O4/c1-10(2)13(17)15-6-8-18-7-5-14-12(16)9-19-11(3)4/h10-11H,5-9H2,1-4H3,(H,14,16)(H,15,17). The van der Waals surface area contributed by atoms with E-state index in [4.69, 9.17) is 9.47 Å². The van der Waals surface area contributed by atoms with Crippen LogP contribution in [0.5, 0.6) is 0 Å². The van der Waals surface area contributed by atoms with Crippen LogP contribution in [0.15, 0.2) is 0 Å². The maximum Gasteiger partial charge on any atom is 0.246 e. The summed E-state index contributed by atoms with van der Waals surface area (Å²) in [5.41, 5.74) is 0. The molecule has 0 spiro atoms. The van der Waals surface area contributed by atoms with Gasteiger partial charge in [-0.05, 0) is 13.8 Å². The van der Waals surface area contributed by atoms with Crippen LogP contribution in [0.4, 0.5) is 0 Å². The van der Waals surface area contributed by atoms with Crippen LogP contribution in [-0.4, -0.2) is 50.8 Å². The van der Waals surface area contributed by atoms with Crippen molar-refractivity contribution < 1.29 is 19.1 Å². The Morgan fingerprint density at radius 3 is 2.11 bits per heavy atom. The molecule has 0 heterocycles. The Hall–Kier alpha value is -1.14. The van der Waals surface area contributed by atoms with Gasteiger partial charge in [-0.3, -0.25) is 9.59 Å². The van der Waals surface area contributed by atoms with Gasteiger partial charge >= 0.3 is 0 Å². The second-order valence-corrected chi connectivity index (χ2v) is 4.77. The van der Waals surface area contributed by atoms with Crippen molar-refractivity contribution in [3.63, 3.8) is 0 Å². The molecule has 0 radical (unpaired) electrons. The monoisotopic (exact) mass is 274 g/mol. The highest BCUT2D eigenvalue weighted by atomic mass is 16.5. The average molecular weight is 274 g/mol. The van der Waals surface area contributed by atoms with Gasteiger partial charge in [0.15, 0.2) is 0 Å². The molecule has 0 fully saturated rings. The Kier molecular flexibility index (Phi) is 10.1. The van der Waals surface area contributed by atoms with Crippen LogP contribution in [0.25, 0.3) is 0 Å². The van der Waals surface area contributed by atoms with E-state index in [-0.39, 0.29) is 30.4 Å². The number of ether oxygens (including phenoxy) is 2. The lowest BCUT2D eigenvalue weighted by Crippen LogP contribution is -2.33. The molecule has 0 aromatic rings. The molecule has 0 aromatic carbocycles. The first-order valence-corrected chi connectivity index (χ1v) is 6.67. The fourth-order valence-corrected chi connectivity index (χ4v) is 1.11. The molecule has 0 aromatic heterocycles. The van der Waals surface area contributed by atoms with Crippen molar-refractivity contribution in [1.29, 1.82) is 0 Å². The van der Waals surface area contributed by atoms with Gasteiger partial charge in [-0.15, -0.1) is 0 Å². The highest BCUT2D eigenvalue weighted by molar-refractivity contribution is 5.77. The molecule has 19 heavy (non-hydrogen) atoms. The van der Waals surface area contributed by atoms with Crippen LogP contribution in [-0.2, 0) is 19.1 Å². The summed E-state index contributed by atoms with van der Waals surface area (Å²) in [4.78, 5) is 22.5. The molecule has 6 nitrogen and oxygen atoms in total. The third kappa shape index (κ3) is 11.7. The summed E-state index contributed by atoms with van der Waals surface area (Å²) in [5.74, 6) is -0.145. The van der Waals surface area contributed by atoms with Gasteiger partial charge in [0, 0.05) is 19.0 Å². The molecule has 2 N–H and O–H groups in total. The van der Waals surface area contributed by atoms with Gasteiger partial charge < -0.3 is 20.1 Å². The van der Waals surface area contributed by atoms with Crippen molar-refractivity contribution >= 4 is 11.8 Å². The molecule has 0 bridgehead atoms. The van der Waals surface area contributed by atoms with Crippen molar-refractivity contribution in [3.05, 3.63) is 0 Å². The summed E-state index contributed by atoms with van der Waals surface area (Å²) < 4.78 is 10.4. The number of hydrogen-bond acceptors (Lipinski definition) is 4. The third-order valence-electron chi connectivity index (χ3n) is 2.19. The normalized spacial score (nSPS) is 10.8. The van der Waals surface area contributed by atoms with Crippen LogP contribution >= 0.6 is 0 Å². The molecule has 6 heteroatoms. The van der Waals surface area contributed by atoms with Crippen LogP contribution in [0.3, 0.4) is 0 Å². The Morgan fingerprint density at radius 2 is 1.58 bits per heavy atom. The molecule has 0 aliphatic heterocycles. The van der Waals surface area contributed by atoms with Crippen molar-refractivity contribution in [3.8, 4) is 0 Å². The summed E-state index contributed by atoms with van der Waals surface area (Å²) in [6.07, 6.45) is 0.0477. The number of carbonyl (C=O) groups is 2. The number of nitrogens with one attached hydrogen (secondary N) is 2. The predicted molar refractivity (Wildman–Crippen MR) is 72.8 cm³/mol. The van der Waals surface area contributed by atoms with Crippen LogP contribution in [0.2, 0.25) is 0 Å². The average Bonchev–Trinajstić information content (AvgIpc) is 2.34. The van der Waals surface area contributed by atoms with E-state index in [9.17, 15) is 9.59 Å². The Labute approximate surface area is 115 Å². The third-order valence-corrected chi connectivity index (χ3v) is 2.19. The highest BCUT2D eigenvalue weighted by Crippen LogP contribution is 1.89. The summed E-state index contributed by atoms with van der Waals surface area (Å²) in [5, 5.41) is 5.42. The quantitative estimate of drug-likeness (QED) is 0.562. The van der Waals surface area contributed by atoms with Gasteiger partial charge in [-0.2, -0.15) is 0 Å². The topological polar surface area (TPSA) is 76.7 Å². The Balaban J connectivity index is 3.31. The molecule has 2 amide bonds. The van der Waals surface area contributed by atoms with E-state index in [0.717, 1.165) is 0 Å². The molecule has 112 valence electrons. The van der Waals surface area contributed by atoms with Crippen molar-refractivity contribution in [2.24, 2.45) is 5.92 Å². The van der Waals surface area contributed by atoms with E-state index in [1.165, 1.54) is 0 Å². The molecule has 0 atom stereocenters. The fourth-order valence-electron chi connectivity index (χ4n) is 1.11. The molecule has 0 unspecified atom stereocenters. The maximum atomic E-state index is 11.3. The molecule has 0 saturated heterocycles. The van der Waals surface area contributed by atoms with E-state index >= 15 is 0 Å². The van der Waals surface area contributed by atoms with E-state index in [2.05, 4.69) is 10.6 Å². The highest BCUT2D eigenvalue weighted by Gasteiger charge is 2.05. The molecule has 0 aliphatic carbocycles. The molecule has 0 aliphatic rings. The van der Waals surface area contributed by atoms with Gasteiger partial charge in [0.2, 0.25) is 11.8 Å². The second-order valence-electron chi connectivity index (χ2n) is 4.77. The fraction of sp³-hybridized carbons (Fsp3) is 0.846. The van der Waals surface area contributed by atoms with Crippen molar-refractivity contribution in [1.82, 2.24) is 10.6 Å². The summed E-state index contributed by atoms with van der Waals surface area (Å²) in [6.45, 7) is 9.29. The number of amides is 2. The lowest BCUT2D eigenvalue weighted by molar-refractivity contribution is -0.127. The van der Waals surface area contributed by atoms with Gasteiger partial charge in [-0.25, -0.2) is 0 Å². The molecule has 0 rings (SSSR count). The molecular weight excluding hydrogens is 248 g/mol. The van der Waals surface area contributed by atoms with Gasteiger partial charge in [0.1, 0.15) is 6.61 Å². The van der Waals surface area contributed by atoms with Crippen molar-refractivity contribution in [2.75, 3.05) is 32.9 Å². The van der Waals surface area contributed by atoms with Crippen LogP contribution in [0.1, 0.15) is 27.7 Å². The van der Waals surface area contributed by atoms with E-state index in [1.807, 2.05) is 27.7 Å². The van der Waals surface area contributed by atoms with Gasteiger partial charge in [-0.1, -0.05) is 13.8 Å². The minimum Gasteiger partial charge on any atom is -0.378 e. The van der Waals surface area contributed by atoms with E-state index in [0.29, 0.717) is 26.3 Å². The van der Waals surface area contributed by atoms with E-state index < -0.39 is 0 Å². The second kappa shape index (κ2) is 10.8. The summed E-state index contributed by atoms with van der Waals surface area (Å²) in [6, 6.07) is 0. The number of carbonyl (C=O) groups excluding carboxylic acids is 2. The predicted octanol–water partition coefficient (Wildman–Crippen LogP) is 0.316. The zero-order chi connectivity index (χ0) is 14.7. The van der Waals surface area contributed by atoms with Crippen LogP contribution in [0, 0.1) is 5.92 Å². The minimum absolute atomic E-state index is 0.0137. The largest absolute Gasteiger partial charge is 0.378 e. The zero-order valence-corrected chi connectivity index (χ0v) is 12.3. The summed E-state index contributed by atoms with van der Waals surface area (Å²) in [7, 11) is 0. The van der Waals surface area contributed by atoms with Crippen molar-refractivity contribution in [2.45, 2.75) is 33.8 Å². The van der Waals surface area contributed by atoms with E-state index in [1.54, 1.807) is 0 Å². The Morgan fingerprint density at radius 1 is 1.00 bits per heavy atom. The zero-order valence-electron chi connectivity index (χ0n) is 12.3. The first-order chi connectivity index (χ1) is 8.93. The Bertz CT molecular complexity index is 267. The first-order valence-electron chi connectivity index (χ1n) is 6.67. The molecule has 0 saturated carbocycles. The number of hydrogen-bond donors (Lipinski definition) is 2. The maximum absolute atomic E-state index is 11.3. The van der Waals surface area contributed by atoms with Gasteiger partial charge in [0.25, 0.3) is 0 Å². The molecular formula is C13H26N2O4. The minimum atomic E-state index is -0.148. The first kappa shape index (κ1) is 17.9.